The van der Waals surface area contributed by atoms with Crippen molar-refractivity contribution in [1.29, 1.82) is 0 Å². The molecule has 0 atom stereocenters. The van der Waals surface area contributed by atoms with Crippen LogP contribution in [0, 0.1) is 5.92 Å². The molecule has 8 heteroatoms. The maximum atomic E-state index is 12.8. The van der Waals surface area contributed by atoms with Gasteiger partial charge in [-0.1, -0.05) is 6.07 Å². The van der Waals surface area contributed by atoms with E-state index in [2.05, 4.69) is 10.2 Å². The molecule has 1 aromatic heterocycles. The second kappa shape index (κ2) is 7.47. The molecule has 5 nitrogen and oxygen atoms in total. The first-order valence-electron chi connectivity index (χ1n) is 8.52. The van der Waals surface area contributed by atoms with Crippen molar-refractivity contribution in [2.45, 2.75) is 44.4 Å². The Balaban J connectivity index is 1.65. The predicted molar refractivity (Wildman–Crippen MR) is 87.5 cm³/mol. The number of aldehydes is 1. The molecule has 0 amide bonds. The number of alkyl halides is 3. The maximum absolute atomic E-state index is 12.8. The monoisotopic (exact) mass is 367 g/mol. The van der Waals surface area contributed by atoms with E-state index >= 15 is 0 Å². The Morgan fingerprint density at radius 3 is 2.62 bits per heavy atom. The van der Waals surface area contributed by atoms with E-state index in [9.17, 15) is 18.0 Å². The van der Waals surface area contributed by atoms with Crippen LogP contribution in [0.4, 0.5) is 13.2 Å². The molecule has 1 heterocycles. The minimum absolute atomic E-state index is 0.0362. The molecule has 1 aliphatic carbocycles. The molecule has 0 saturated heterocycles. The van der Waals surface area contributed by atoms with E-state index in [1.165, 1.54) is 12.1 Å². The summed E-state index contributed by atoms with van der Waals surface area (Å²) in [5, 5.41) is 8.34. The van der Waals surface area contributed by atoms with Crippen molar-refractivity contribution < 1.29 is 22.7 Å². The largest absolute Gasteiger partial charge is 0.486 e. The summed E-state index contributed by atoms with van der Waals surface area (Å²) in [6.45, 7) is 0.0362. The lowest BCUT2D eigenvalue weighted by Gasteiger charge is -2.24. The molecule has 0 aliphatic heterocycles. The van der Waals surface area contributed by atoms with Crippen molar-refractivity contribution in [3.8, 4) is 5.75 Å². The smallest absolute Gasteiger partial charge is 0.416 e. The van der Waals surface area contributed by atoms with E-state index in [1.54, 1.807) is 0 Å². The molecule has 1 saturated carbocycles. The first-order chi connectivity index (χ1) is 12.4. The van der Waals surface area contributed by atoms with Gasteiger partial charge in [-0.15, -0.1) is 10.2 Å². The number of aromatic nitrogens is 3. The third-order valence-electron chi connectivity index (χ3n) is 4.86. The summed E-state index contributed by atoms with van der Waals surface area (Å²) in [7, 11) is 1.83. The summed E-state index contributed by atoms with van der Waals surface area (Å²) in [5.74, 6) is 1.89. The average molecular weight is 367 g/mol. The molecule has 1 fully saturated rings. The Labute approximate surface area is 149 Å². The zero-order valence-corrected chi connectivity index (χ0v) is 14.4. The Bertz CT molecular complexity index is 765. The molecule has 0 radical (unpaired) electrons. The van der Waals surface area contributed by atoms with Crippen LogP contribution in [0.15, 0.2) is 24.3 Å². The van der Waals surface area contributed by atoms with Gasteiger partial charge in [0, 0.05) is 18.9 Å². The molecule has 0 unspecified atom stereocenters. The summed E-state index contributed by atoms with van der Waals surface area (Å²) >= 11 is 0. The van der Waals surface area contributed by atoms with Crippen molar-refractivity contribution in [2.75, 3.05) is 0 Å². The zero-order chi connectivity index (χ0) is 18.7. The van der Waals surface area contributed by atoms with Crippen LogP contribution in [0.1, 0.15) is 48.8 Å². The standard InChI is InChI=1S/C18H20F3N3O2/c1-24-16(11-26-15-4-2-3-14(9-15)18(19,20)21)22-23-17(24)13-7-5-12(10-25)6-8-13/h2-4,9-10,12-13H,5-8,11H2,1H3/t12-,13-. The van der Waals surface area contributed by atoms with Crippen LogP contribution in [0.5, 0.6) is 5.75 Å². The van der Waals surface area contributed by atoms with Gasteiger partial charge in [-0.3, -0.25) is 0 Å². The second-order valence-corrected chi connectivity index (χ2v) is 6.60. The Kier molecular flexibility index (Phi) is 5.29. The molecule has 2 aromatic rings. The highest BCUT2D eigenvalue weighted by molar-refractivity contribution is 5.53. The molecular formula is C18H20F3N3O2. The molecule has 0 N–H and O–H groups in total. The van der Waals surface area contributed by atoms with Gasteiger partial charge in [-0.2, -0.15) is 13.2 Å². The van der Waals surface area contributed by atoms with Gasteiger partial charge in [0.05, 0.1) is 5.56 Å². The minimum Gasteiger partial charge on any atom is -0.486 e. The topological polar surface area (TPSA) is 57.0 Å². The van der Waals surface area contributed by atoms with Gasteiger partial charge in [-0.05, 0) is 43.9 Å². The van der Waals surface area contributed by atoms with E-state index in [4.69, 9.17) is 4.74 Å². The SMILES string of the molecule is Cn1c(COc2cccc(C(F)(F)F)c2)nnc1[C@H]1CC[C@H](C=O)CC1. The number of ether oxygens (including phenoxy) is 1. The molecule has 26 heavy (non-hydrogen) atoms. The summed E-state index contributed by atoms with van der Waals surface area (Å²) in [6.07, 6.45) is 0.0564. The Hall–Kier alpha value is -2.38. The Morgan fingerprint density at radius 1 is 1.23 bits per heavy atom. The number of rotatable bonds is 5. The Morgan fingerprint density at radius 2 is 1.96 bits per heavy atom. The van der Waals surface area contributed by atoms with Gasteiger partial charge >= 0.3 is 6.18 Å². The number of halogens is 3. The lowest BCUT2D eigenvalue weighted by atomic mass is 9.82. The highest BCUT2D eigenvalue weighted by Crippen LogP contribution is 2.34. The summed E-state index contributed by atoms with van der Waals surface area (Å²) in [6, 6.07) is 4.76. The first-order valence-corrected chi connectivity index (χ1v) is 8.52. The number of hydrogen-bond acceptors (Lipinski definition) is 4. The average Bonchev–Trinajstić information content (AvgIpc) is 3.00. The van der Waals surface area contributed by atoms with Crippen molar-refractivity contribution in [2.24, 2.45) is 13.0 Å². The van der Waals surface area contributed by atoms with E-state index in [-0.39, 0.29) is 24.2 Å². The molecule has 1 aromatic carbocycles. The third-order valence-corrected chi connectivity index (χ3v) is 4.86. The van der Waals surface area contributed by atoms with Gasteiger partial charge < -0.3 is 14.1 Å². The number of carbonyl (C=O) groups excluding carboxylic acids is 1. The quantitative estimate of drug-likeness (QED) is 0.753. The fraction of sp³-hybridized carbons (Fsp3) is 0.500. The van der Waals surface area contributed by atoms with Crippen LogP contribution in [0.25, 0.3) is 0 Å². The number of nitrogens with zero attached hydrogens (tertiary/aromatic N) is 3. The van der Waals surface area contributed by atoms with Crippen molar-refractivity contribution in [1.82, 2.24) is 14.8 Å². The maximum Gasteiger partial charge on any atom is 0.416 e. The number of hydrogen-bond donors (Lipinski definition) is 0. The fourth-order valence-corrected chi connectivity index (χ4v) is 3.28. The van der Waals surface area contributed by atoms with Gasteiger partial charge in [0.2, 0.25) is 0 Å². The summed E-state index contributed by atoms with van der Waals surface area (Å²) in [5.41, 5.74) is -0.749. The fourth-order valence-electron chi connectivity index (χ4n) is 3.28. The van der Waals surface area contributed by atoms with Crippen LogP contribution >= 0.6 is 0 Å². The molecule has 3 rings (SSSR count). The second-order valence-electron chi connectivity index (χ2n) is 6.60. The van der Waals surface area contributed by atoms with Crippen molar-refractivity contribution >= 4 is 6.29 Å². The minimum atomic E-state index is -4.41. The molecule has 0 spiro atoms. The molecule has 0 bridgehead atoms. The lowest BCUT2D eigenvalue weighted by Crippen LogP contribution is -2.17. The van der Waals surface area contributed by atoms with Gasteiger partial charge in [0.1, 0.15) is 24.5 Å². The third kappa shape index (κ3) is 4.05. The number of carbonyl (C=O) groups is 1. The van der Waals surface area contributed by atoms with Crippen LogP contribution in [0.2, 0.25) is 0 Å². The normalized spacial score (nSPS) is 20.8. The van der Waals surface area contributed by atoms with Crippen LogP contribution in [0.3, 0.4) is 0 Å². The van der Waals surface area contributed by atoms with E-state index in [1.807, 2.05) is 11.6 Å². The number of benzene rings is 1. The highest BCUT2D eigenvalue weighted by atomic mass is 19.4. The summed E-state index contributed by atoms with van der Waals surface area (Å²) < 4.78 is 45.6. The van der Waals surface area contributed by atoms with Crippen LogP contribution in [-0.4, -0.2) is 21.1 Å². The molecular weight excluding hydrogens is 347 g/mol. The van der Waals surface area contributed by atoms with Gasteiger partial charge in [0.25, 0.3) is 0 Å². The van der Waals surface area contributed by atoms with Crippen molar-refractivity contribution in [3.63, 3.8) is 0 Å². The highest BCUT2D eigenvalue weighted by Gasteiger charge is 2.30. The van der Waals surface area contributed by atoms with Crippen LogP contribution in [-0.2, 0) is 24.6 Å². The van der Waals surface area contributed by atoms with Crippen LogP contribution < -0.4 is 4.74 Å². The van der Waals surface area contributed by atoms with Crippen molar-refractivity contribution in [3.05, 3.63) is 41.5 Å². The first kappa shape index (κ1) is 18.4. The van der Waals surface area contributed by atoms with E-state index in [0.29, 0.717) is 5.82 Å². The lowest BCUT2D eigenvalue weighted by molar-refractivity contribution is -0.137. The predicted octanol–water partition coefficient (Wildman–Crippen LogP) is 3.89. The van der Waals surface area contributed by atoms with E-state index < -0.39 is 11.7 Å². The zero-order valence-electron chi connectivity index (χ0n) is 14.4. The molecule has 1 aliphatic rings. The summed E-state index contributed by atoms with van der Waals surface area (Å²) in [4.78, 5) is 10.9. The molecule has 140 valence electrons. The van der Waals surface area contributed by atoms with Gasteiger partial charge in [0.15, 0.2) is 5.82 Å². The van der Waals surface area contributed by atoms with Gasteiger partial charge in [-0.25, -0.2) is 0 Å². The van der Waals surface area contributed by atoms with E-state index in [0.717, 1.165) is 49.9 Å².